The zero-order valence-electron chi connectivity index (χ0n) is 18.4. The van der Waals surface area contributed by atoms with Gasteiger partial charge in [-0.3, -0.25) is 19.2 Å². The van der Waals surface area contributed by atoms with Gasteiger partial charge in [-0.25, -0.2) is 13.8 Å². The van der Waals surface area contributed by atoms with Crippen LogP contribution in [0.3, 0.4) is 0 Å². The molecule has 0 spiro atoms. The van der Waals surface area contributed by atoms with E-state index in [1.54, 1.807) is 30.3 Å². The Bertz CT molecular complexity index is 1320. The average molecular weight is 483 g/mol. The van der Waals surface area contributed by atoms with Crippen molar-refractivity contribution in [1.82, 2.24) is 5.43 Å². The number of methoxy groups -OCH3 is 1. The molecule has 0 saturated carbocycles. The van der Waals surface area contributed by atoms with Gasteiger partial charge in [0.05, 0.1) is 34.4 Å². The number of nitrogens with zero attached hydrogens (tertiary/aromatic N) is 3. The number of sulfonamides is 1. The van der Waals surface area contributed by atoms with Crippen LogP contribution in [0.15, 0.2) is 82.8 Å². The van der Waals surface area contributed by atoms with Crippen molar-refractivity contribution in [3.63, 3.8) is 0 Å². The van der Waals surface area contributed by atoms with Gasteiger partial charge in [-0.1, -0.05) is 35.9 Å². The third-order valence-electron chi connectivity index (χ3n) is 4.76. The van der Waals surface area contributed by atoms with Gasteiger partial charge >= 0.3 is 0 Å². The molecule has 0 atom stereocenters. The third-order valence-corrected chi connectivity index (χ3v) is 6.55. The Morgan fingerprint density at radius 2 is 1.82 bits per heavy atom. The molecule has 11 heteroatoms. The fourth-order valence-corrected chi connectivity index (χ4v) is 4.43. The van der Waals surface area contributed by atoms with Crippen molar-refractivity contribution in [2.24, 2.45) is 5.10 Å². The molecular weight excluding hydrogens is 460 g/mol. The molecule has 0 unspecified atom stereocenters. The van der Waals surface area contributed by atoms with Crippen LogP contribution < -0.4 is 14.5 Å². The molecule has 3 aromatic rings. The second kappa shape index (κ2) is 10.6. The predicted octanol–water partition coefficient (Wildman–Crippen LogP) is 3.26. The molecule has 1 N–H and O–H groups in total. The number of para-hydroxylation sites is 1. The van der Waals surface area contributed by atoms with Crippen molar-refractivity contribution >= 4 is 33.5 Å². The minimum Gasteiger partial charge on any atom is -0.497 e. The van der Waals surface area contributed by atoms with Crippen molar-refractivity contribution in [3.05, 3.63) is 94.0 Å². The van der Waals surface area contributed by atoms with Gasteiger partial charge in [-0.05, 0) is 37.3 Å². The number of nitro benzene ring substituents is 1. The Balaban J connectivity index is 1.87. The number of carbonyl (C=O) groups is 1. The number of hydrogen-bond donors (Lipinski definition) is 1. The SMILES string of the molecule is COc1cccc(N(CC(=O)N/N=C\c2ccccc2[N+](=O)[O-])S(=O)(=O)c2ccc(C)cc2)c1. The third kappa shape index (κ3) is 5.75. The topological polar surface area (TPSA) is 131 Å². The molecule has 0 fully saturated rings. The highest BCUT2D eigenvalue weighted by atomic mass is 32.2. The first-order chi connectivity index (χ1) is 16.2. The number of benzene rings is 3. The number of carbonyl (C=O) groups excluding carboxylic acids is 1. The lowest BCUT2D eigenvalue weighted by Gasteiger charge is -2.24. The van der Waals surface area contributed by atoms with E-state index in [0.29, 0.717) is 5.75 Å². The lowest BCUT2D eigenvalue weighted by molar-refractivity contribution is -0.385. The maximum Gasteiger partial charge on any atom is 0.278 e. The molecule has 0 aromatic heterocycles. The molecule has 10 nitrogen and oxygen atoms in total. The normalized spacial score (nSPS) is 11.2. The van der Waals surface area contributed by atoms with Crippen LogP contribution in [0.4, 0.5) is 11.4 Å². The van der Waals surface area contributed by atoms with Gasteiger partial charge in [0.2, 0.25) is 0 Å². The smallest absolute Gasteiger partial charge is 0.278 e. The average Bonchev–Trinajstić information content (AvgIpc) is 2.83. The number of ether oxygens (including phenoxy) is 1. The molecule has 0 aliphatic carbocycles. The van der Waals surface area contributed by atoms with Crippen LogP contribution in [0, 0.1) is 17.0 Å². The number of nitrogens with one attached hydrogen (secondary N) is 1. The Hall–Kier alpha value is -4.25. The standard InChI is InChI=1S/C23H22N4O6S/c1-17-10-12-21(13-11-17)34(31,32)26(19-7-5-8-20(14-19)33-2)16-23(28)25-24-15-18-6-3-4-9-22(18)27(29)30/h3-15H,16H2,1-2H3,(H,25,28)/b24-15-. The molecular formula is C23H22N4O6S. The fraction of sp³-hybridized carbons (Fsp3) is 0.130. The van der Waals surface area contributed by atoms with E-state index in [1.165, 1.54) is 49.6 Å². The number of rotatable bonds is 9. The number of hydrogen-bond acceptors (Lipinski definition) is 7. The first kappa shape index (κ1) is 24.4. The van der Waals surface area contributed by atoms with E-state index in [9.17, 15) is 23.3 Å². The quantitative estimate of drug-likeness (QED) is 0.283. The lowest BCUT2D eigenvalue weighted by atomic mass is 10.2. The summed E-state index contributed by atoms with van der Waals surface area (Å²) in [6.45, 7) is 1.25. The zero-order valence-corrected chi connectivity index (χ0v) is 19.2. The van der Waals surface area contributed by atoms with Crippen LogP contribution in [0.25, 0.3) is 0 Å². The van der Waals surface area contributed by atoms with Gasteiger partial charge in [0.15, 0.2) is 0 Å². The van der Waals surface area contributed by atoms with Crippen LogP contribution in [0.2, 0.25) is 0 Å². The van der Waals surface area contributed by atoms with E-state index >= 15 is 0 Å². The number of anilines is 1. The highest BCUT2D eigenvalue weighted by Crippen LogP contribution is 2.27. The molecule has 34 heavy (non-hydrogen) atoms. The predicted molar refractivity (Wildman–Crippen MR) is 128 cm³/mol. The molecule has 3 rings (SSSR count). The van der Waals surface area contributed by atoms with Gasteiger partial charge in [0, 0.05) is 12.1 Å². The molecule has 0 saturated heterocycles. The molecule has 0 aliphatic heterocycles. The van der Waals surface area contributed by atoms with Gasteiger partial charge in [-0.15, -0.1) is 0 Å². The summed E-state index contributed by atoms with van der Waals surface area (Å²) in [5.41, 5.74) is 3.34. The summed E-state index contributed by atoms with van der Waals surface area (Å²) in [5.74, 6) is -0.329. The van der Waals surface area contributed by atoms with E-state index in [1.807, 2.05) is 6.92 Å². The summed E-state index contributed by atoms with van der Waals surface area (Å²) in [4.78, 5) is 23.2. The van der Waals surface area contributed by atoms with E-state index in [-0.39, 0.29) is 21.8 Å². The van der Waals surface area contributed by atoms with Crippen LogP contribution in [0.5, 0.6) is 5.75 Å². The summed E-state index contributed by atoms with van der Waals surface area (Å²) in [6, 6.07) is 18.4. The summed E-state index contributed by atoms with van der Waals surface area (Å²) >= 11 is 0. The monoisotopic (exact) mass is 482 g/mol. The minimum atomic E-state index is -4.11. The summed E-state index contributed by atoms with van der Waals surface area (Å²) in [6.07, 6.45) is 1.13. The van der Waals surface area contributed by atoms with Crippen molar-refractivity contribution in [1.29, 1.82) is 0 Å². The van der Waals surface area contributed by atoms with E-state index in [2.05, 4.69) is 10.5 Å². The van der Waals surface area contributed by atoms with Crippen molar-refractivity contribution in [2.75, 3.05) is 18.0 Å². The van der Waals surface area contributed by atoms with Crippen LogP contribution in [0.1, 0.15) is 11.1 Å². The van der Waals surface area contributed by atoms with Gasteiger partial charge < -0.3 is 4.74 Å². The van der Waals surface area contributed by atoms with Gasteiger partial charge in [0.1, 0.15) is 12.3 Å². The summed E-state index contributed by atoms with van der Waals surface area (Å²) in [5, 5.41) is 14.9. The molecule has 3 aromatic carbocycles. The van der Waals surface area contributed by atoms with Gasteiger partial charge in [0.25, 0.3) is 21.6 Å². The number of hydrazone groups is 1. The number of nitro groups is 1. The maximum atomic E-state index is 13.4. The van der Waals surface area contributed by atoms with Crippen LogP contribution in [-0.4, -0.2) is 39.1 Å². The number of amides is 1. The Kier molecular flexibility index (Phi) is 7.59. The Morgan fingerprint density at radius 1 is 1.12 bits per heavy atom. The summed E-state index contributed by atoms with van der Waals surface area (Å²) in [7, 11) is -2.66. The van der Waals surface area contributed by atoms with Crippen LogP contribution in [-0.2, 0) is 14.8 Å². The highest BCUT2D eigenvalue weighted by molar-refractivity contribution is 7.92. The zero-order chi connectivity index (χ0) is 24.7. The largest absolute Gasteiger partial charge is 0.497 e. The molecule has 0 heterocycles. The van der Waals surface area contributed by atoms with E-state index < -0.39 is 27.4 Å². The number of aryl methyl sites for hydroxylation is 1. The minimum absolute atomic E-state index is 0.0112. The first-order valence-electron chi connectivity index (χ1n) is 10.0. The highest BCUT2D eigenvalue weighted by Gasteiger charge is 2.27. The molecule has 0 radical (unpaired) electrons. The van der Waals surface area contributed by atoms with Crippen molar-refractivity contribution in [3.8, 4) is 5.75 Å². The molecule has 1 amide bonds. The Morgan fingerprint density at radius 3 is 2.50 bits per heavy atom. The summed E-state index contributed by atoms with van der Waals surface area (Å²) < 4.78 is 32.9. The molecule has 0 bridgehead atoms. The second-order valence-corrected chi connectivity index (χ2v) is 9.00. The first-order valence-corrected chi connectivity index (χ1v) is 11.4. The van der Waals surface area contributed by atoms with Crippen LogP contribution >= 0.6 is 0 Å². The van der Waals surface area contributed by atoms with Crippen molar-refractivity contribution < 1.29 is 22.9 Å². The van der Waals surface area contributed by atoms with E-state index in [0.717, 1.165) is 16.1 Å². The maximum absolute atomic E-state index is 13.4. The lowest BCUT2D eigenvalue weighted by Crippen LogP contribution is -2.39. The molecule has 0 aliphatic rings. The van der Waals surface area contributed by atoms with E-state index in [4.69, 9.17) is 4.74 Å². The molecule has 176 valence electrons. The van der Waals surface area contributed by atoms with Gasteiger partial charge in [-0.2, -0.15) is 5.10 Å². The fourth-order valence-electron chi connectivity index (χ4n) is 3.02. The van der Waals surface area contributed by atoms with Crippen molar-refractivity contribution in [2.45, 2.75) is 11.8 Å². The second-order valence-electron chi connectivity index (χ2n) is 7.14. The Labute approximate surface area is 196 Å².